The first-order valence-corrected chi connectivity index (χ1v) is 9.58. The van der Waals surface area contributed by atoms with Crippen molar-refractivity contribution in [3.63, 3.8) is 0 Å². The maximum atomic E-state index is 6.23. The highest BCUT2D eigenvalue weighted by Gasteiger charge is 2.42. The van der Waals surface area contributed by atoms with E-state index in [0.29, 0.717) is 6.04 Å². The molecule has 118 valence electrons. The summed E-state index contributed by atoms with van der Waals surface area (Å²) in [6, 6.07) is 0.526. The van der Waals surface area contributed by atoms with E-state index in [1.54, 1.807) is 0 Å². The number of hydrogen-bond acceptors (Lipinski definition) is 3. The lowest BCUT2D eigenvalue weighted by Gasteiger charge is -2.41. The summed E-state index contributed by atoms with van der Waals surface area (Å²) in [4.78, 5) is 0. The van der Waals surface area contributed by atoms with Crippen LogP contribution in [0.5, 0.6) is 0 Å². The lowest BCUT2D eigenvalue weighted by molar-refractivity contribution is -0.0982. The molecule has 1 saturated carbocycles. The van der Waals surface area contributed by atoms with E-state index in [2.05, 4.69) is 29.9 Å². The molecule has 1 saturated heterocycles. The molecule has 0 amide bonds. The van der Waals surface area contributed by atoms with Gasteiger partial charge in [-0.2, -0.15) is 11.3 Å². The van der Waals surface area contributed by atoms with Crippen LogP contribution in [0, 0.1) is 12.8 Å². The third-order valence-corrected chi connectivity index (χ3v) is 6.24. The van der Waals surface area contributed by atoms with Crippen LogP contribution in [0.4, 0.5) is 0 Å². The topological polar surface area (TPSA) is 21.3 Å². The maximum Gasteiger partial charge on any atom is 0.0686 e. The van der Waals surface area contributed by atoms with Crippen LogP contribution < -0.4 is 5.32 Å². The number of aryl methyl sites for hydroxylation is 1. The van der Waals surface area contributed by atoms with Gasteiger partial charge in [0.05, 0.1) is 5.60 Å². The Balaban J connectivity index is 1.77. The van der Waals surface area contributed by atoms with E-state index < -0.39 is 0 Å². The monoisotopic (exact) mass is 307 g/mol. The Labute approximate surface area is 133 Å². The Morgan fingerprint density at radius 2 is 2.19 bits per heavy atom. The molecule has 3 rings (SSSR count). The molecule has 0 aromatic carbocycles. The van der Waals surface area contributed by atoms with Crippen LogP contribution >= 0.6 is 11.3 Å². The number of nitrogens with one attached hydrogen (secondary N) is 1. The van der Waals surface area contributed by atoms with E-state index in [1.807, 2.05) is 11.3 Å². The number of rotatable bonds is 5. The van der Waals surface area contributed by atoms with Crippen molar-refractivity contribution < 1.29 is 4.74 Å². The van der Waals surface area contributed by atoms with Crippen molar-refractivity contribution in [1.29, 1.82) is 0 Å². The van der Waals surface area contributed by atoms with E-state index in [4.69, 9.17) is 4.74 Å². The zero-order valence-corrected chi connectivity index (χ0v) is 14.3. The first-order valence-electron chi connectivity index (χ1n) is 8.64. The Kier molecular flexibility index (Phi) is 5.03. The molecule has 1 aliphatic heterocycles. The maximum absolute atomic E-state index is 6.23. The molecule has 1 N–H and O–H groups in total. The van der Waals surface area contributed by atoms with E-state index in [-0.39, 0.29) is 5.60 Å². The summed E-state index contributed by atoms with van der Waals surface area (Å²) in [6.07, 6.45) is 8.95. The molecule has 2 heterocycles. The normalized spacial score (nSPS) is 26.3. The fourth-order valence-electron chi connectivity index (χ4n) is 4.24. The summed E-state index contributed by atoms with van der Waals surface area (Å²) in [5.74, 6) is 0.733. The fraction of sp³-hybridized carbons (Fsp3) is 0.778. The van der Waals surface area contributed by atoms with Crippen LogP contribution in [0.15, 0.2) is 10.8 Å². The van der Waals surface area contributed by atoms with E-state index in [1.165, 1.54) is 56.1 Å². The van der Waals surface area contributed by atoms with Crippen molar-refractivity contribution in [3.05, 3.63) is 21.9 Å². The van der Waals surface area contributed by atoms with Crippen molar-refractivity contribution in [2.45, 2.75) is 70.4 Å². The molecule has 21 heavy (non-hydrogen) atoms. The minimum absolute atomic E-state index is 0.221. The number of ether oxygens (including phenoxy) is 1. The minimum atomic E-state index is 0.221. The fourth-order valence-corrected chi connectivity index (χ4v) is 5.12. The summed E-state index contributed by atoms with van der Waals surface area (Å²) in [5.41, 5.74) is 3.22. The van der Waals surface area contributed by atoms with Gasteiger partial charge in [0.1, 0.15) is 0 Å². The first kappa shape index (κ1) is 15.5. The largest absolute Gasteiger partial charge is 0.375 e. The summed E-state index contributed by atoms with van der Waals surface area (Å²) in [7, 11) is 0. The highest BCUT2D eigenvalue weighted by atomic mass is 32.1. The predicted molar refractivity (Wildman–Crippen MR) is 90.0 cm³/mol. The second kappa shape index (κ2) is 6.80. The second-order valence-corrected chi connectivity index (χ2v) is 7.68. The van der Waals surface area contributed by atoms with Gasteiger partial charge in [-0.3, -0.25) is 0 Å². The number of thiophene rings is 1. The van der Waals surface area contributed by atoms with Crippen LogP contribution in [0.25, 0.3) is 0 Å². The van der Waals surface area contributed by atoms with Gasteiger partial charge in [0.25, 0.3) is 0 Å². The molecule has 2 nitrogen and oxygen atoms in total. The molecule has 2 aliphatic rings. The Bertz CT molecular complexity index is 450. The zero-order valence-electron chi connectivity index (χ0n) is 13.5. The van der Waals surface area contributed by atoms with Gasteiger partial charge in [-0.15, -0.1) is 0 Å². The zero-order chi connectivity index (χ0) is 14.7. The van der Waals surface area contributed by atoms with Crippen LogP contribution in [0.3, 0.4) is 0 Å². The van der Waals surface area contributed by atoms with Gasteiger partial charge in [0.2, 0.25) is 0 Å². The third-order valence-electron chi connectivity index (χ3n) is 5.36. The van der Waals surface area contributed by atoms with Gasteiger partial charge in [0, 0.05) is 12.6 Å². The van der Waals surface area contributed by atoms with E-state index >= 15 is 0 Å². The van der Waals surface area contributed by atoms with Crippen molar-refractivity contribution in [3.8, 4) is 0 Å². The summed E-state index contributed by atoms with van der Waals surface area (Å²) in [6.45, 7) is 6.59. The summed E-state index contributed by atoms with van der Waals surface area (Å²) in [5, 5.41) is 8.49. The highest BCUT2D eigenvalue weighted by Crippen LogP contribution is 2.45. The second-order valence-electron chi connectivity index (χ2n) is 6.93. The molecule has 2 fully saturated rings. The van der Waals surface area contributed by atoms with Crippen LogP contribution in [-0.4, -0.2) is 18.8 Å². The minimum Gasteiger partial charge on any atom is -0.375 e. The standard InChI is InChI=1S/C18H29NOS/c1-3-9-19-17(16-13-21-12-14(16)2)15-6-10-20-18(11-15)7-4-5-8-18/h12-13,15,17,19H,3-11H2,1-2H3. The predicted octanol–water partition coefficient (Wildman–Crippen LogP) is 4.84. The van der Waals surface area contributed by atoms with Crippen molar-refractivity contribution in [2.75, 3.05) is 13.2 Å². The van der Waals surface area contributed by atoms with Gasteiger partial charge in [-0.05, 0) is 73.4 Å². The molecule has 1 aliphatic carbocycles. The Morgan fingerprint density at radius 3 is 2.86 bits per heavy atom. The average molecular weight is 308 g/mol. The molecule has 1 aromatic rings. The molecule has 3 heteroatoms. The lowest BCUT2D eigenvalue weighted by atomic mass is 9.78. The average Bonchev–Trinajstić information content (AvgIpc) is 3.10. The molecular weight excluding hydrogens is 278 g/mol. The molecule has 0 radical (unpaired) electrons. The lowest BCUT2D eigenvalue weighted by Crippen LogP contribution is -2.42. The number of hydrogen-bond donors (Lipinski definition) is 1. The van der Waals surface area contributed by atoms with Gasteiger partial charge < -0.3 is 10.1 Å². The third kappa shape index (κ3) is 3.35. The summed E-state index contributed by atoms with van der Waals surface area (Å²) >= 11 is 1.84. The van der Waals surface area contributed by atoms with E-state index in [9.17, 15) is 0 Å². The molecule has 2 atom stereocenters. The molecule has 1 aromatic heterocycles. The van der Waals surface area contributed by atoms with Crippen LogP contribution in [0.1, 0.15) is 69.0 Å². The van der Waals surface area contributed by atoms with Crippen LogP contribution in [-0.2, 0) is 4.74 Å². The molecule has 2 unspecified atom stereocenters. The van der Waals surface area contributed by atoms with Crippen molar-refractivity contribution >= 4 is 11.3 Å². The smallest absolute Gasteiger partial charge is 0.0686 e. The molecular formula is C18H29NOS. The highest BCUT2D eigenvalue weighted by molar-refractivity contribution is 7.08. The SMILES string of the molecule is CCCNC(c1cscc1C)C1CCOC2(CCCC2)C1. The Hall–Kier alpha value is -0.380. The van der Waals surface area contributed by atoms with Gasteiger partial charge in [0.15, 0.2) is 0 Å². The van der Waals surface area contributed by atoms with Gasteiger partial charge >= 0.3 is 0 Å². The van der Waals surface area contributed by atoms with Gasteiger partial charge in [-0.1, -0.05) is 19.8 Å². The quantitative estimate of drug-likeness (QED) is 0.840. The molecule has 1 spiro atoms. The van der Waals surface area contributed by atoms with Crippen LogP contribution in [0.2, 0.25) is 0 Å². The van der Waals surface area contributed by atoms with Crippen molar-refractivity contribution in [2.24, 2.45) is 5.92 Å². The summed E-state index contributed by atoms with van der Waals surface area (Å²) < 4.78 is 6.23. The molecule has 0 bridgehead atoms. The van der Waals surface area contributed by atoms with Gasteiger partial charge in [-0.25, -0.2) is 0 Å². The first-order chi connectivity index (χ1) is 10.2. The Morgan fingerprint density at radius 1 is 1.38 bits per heavy atom. The van der Waals surface area contributed by atoms with Crippen molar-refractivity contribution in [1.82, 2.24) is 5.32 Å². The van der Waals surface area contributed by atoms with E-state index in [0.717, 1.165) is 19.1 Å².